The number of benzene rings is 3. The first kappa shape index (κ1) is 33.3. The summed E-state index contributed by atoms with van der Waals surface area (Å²) >= 11 is 5.61. The number of amides is 3. The molecule has 4 aromatic rings. The SMILES string of the molecule is Cc1ccc(Cl)cc1.O=C(NCC(=O)N1CCN(c2ccccc2CN2CCCCC2=O)CC1)c1cc(=O)c2c(O)cc(O)cc2o1. The van der Waals surface area contributed by atoms with Crippen molar-refractivity contribution in [3.8, 4) is 11.5 Å². The lowest BCUT2D eigenvalue weighted by Gasteiger charge is -2.37. The predicted molar refractivity (Wildman–Crippen MR) is 179 cm³/mol. The molecule has 0 saturated carbocycles. The zero-order valence-corrected chi connectivity index (χ0v) is 26.8. The largest absolute Gasteiger partial charge is 0.508 e. The average Bonchev–Trinajstić information content (AvgIpc) is 3.06. The van der Waals surface area contributed by atoms with Gasteiger partial charge in [0.25, 0.3) is 5.91 Å². The molecule has 0 bridgehead atoms. The molecule has 2 fully saturated rings. The van der Waals surface area contributed by atoms with Crippen LogP contribution >= 0.6 is 11.6 Å². The molecule has 2 saturated heterocycles. The zero-order valence-electron chi connectivity index (χ0n) is 26.1. The number of nitrogens with zero attached hydrogens (tertiary/aromatic N) is 3. The van der Waals surface area contributed by atoms with Crippen molar-refractivity contribution in [2.24, 2.45) is 0 Å². The van der Waals surface area contributed by atoms with E-state index in [1.54, 1.807) is 4.90 Å². The van der Waals surface area contributed by atoms with Crippen molar-refractivity contribution in [3.63, 3.8) is 0 Å². The summed E-state index contributed by atoms with van der Waals surface area (Å²) in [5.41, 5.74) is 2.59. The van der Waals surface area contributed by atoms with Crippen LogP contribution < -0.4 is 15.6 Å². The van der Waals surface area contributed by atoms with E-state index in [-0.39, 0.29) is 40.8 Å². The standard InChI is InChI=1S/C28H30N4O7.C7H7Cl/c33-19-13-21(34)27-22(35)15-24(39-23(27)14-19)28(38)29-16-26(37)31-11-9-30(10-12-31)20-6-2-1-5-18(20)17-32-8-4-3-7-25(32)36;1-6-2-4-7(8)5-3-6/h1-2,5-6,13-15,33-34H,3-4,7-12,16-17H2,(H,29,38);2-5H,1H3. The average molecular weight is 661 g/mol. The molecule has 0 unspecified atom stereocenters. The number of piperidine rings is 1. The fraction of sp³-hybridized carbons (Fsp3) is 0.314. The number of halogens is 1. The fourth-order valence-corrected chi connectivity index (χ4v) is 5.76. The molecule has 0 aliphatic carbocycles. The van der Waals surface area contributed by atoms with E-state index in [4.69, 9.17) is 16.0 Å². The first-order valence-corrected chi connectivity index (χ1v) is 15.9. The van der Waals surface area contributed by atoms with Crippen molar-refractivity contribution in [2.75, 3.05) is 44.2 Å². The Morgan fingerprint density at radius 1 is 0.915 bits per heavy atom. The number of hydrogen-bond donors (Lipinski definition) is 3. The summed E-state index contributed by atoms with van der Waals surface area (Å²) in [6, 6.07) is 18.8. The number of fused-ring (bicyclic) bond motifs is 1. The number of rotatable bonds is 6. The number of aromatic hydroxyl groups is 2. The van der Waals surface area contributed by atoms with Crippen LogP contribution in [0.2, 0.25) is 5.02 Å². The Kier molecular flexibility index (Phi) is 10.7. The molecular weight excluding hydrogens is 624 g/mol. The van der Waals surface area contributed by atoms with Crippen LogP contribution in [0.4, 0.5) is 5.69 Å². The second kappa shape index (κ2) is 15.0. The molecule has 3 N–H and O–H groups in total. The maximum atomic E-state index is 12.8. The Hall–Kier alpha value is -5.03. The van der Waals surface area contributed by atoms with E-state index in [0.29, 0.717) is 39.1 Å². The van der Waals surface area contributed by atoms with Crippen molar-refractivity contribution in [1.82, 2.24) is 15.1 Å². The second-order valence-electron chi connectivity index (χ2n) is 11.6. The first-order chi connectivity index (χ1) is 22.6. The van der Waals surface area contributed by atoms with Crippen LogP contribution in [0.1, 0.15) is 40.9 Å². The van der Waals surface area contributed by atoms with Gasteiger partial charge in [-0.1, -0.05) is 47.5 Å². The first-order valence-electron chi connectivity index (χ1n) is 15.5. The third kappa shape index (κ3) is 8.42. The number of likely N-dealkylation sites (tertiary alicyclic amines) is 1. The quantitative estimate of drug-likeness (QED) is 0.275. The summed E-state index contributed by atoms with van der Waals surface area (Å²) in [4.78, 5) is 55.8. The van der Waals surface area contributed by atoms with E-state index < -0.39 is 17.1 Å². The number of phenolic OH excluding ortho intramolecular Hbond substituents is 2. The number of piperazine rings is 1. The summed E-state index contributed by atoms with van der Waals surface area (Å²) in [6.45, 7) is 5.26. The van der Waals surface area contributed by atoms with Gasteiger partial charge in [0.05, 0.1) is 6.54 Å². The molecule has 3 amide bonds. The zero-order chi connectivity index (χ0) is 33.5. The lowest BCUT2D eigenvalue weighted by molar-refractivity contribution is -0.134. The molecule has 11 nitrogen and oxygen atoms in total. The molecule has 0 radical (unpaired) electrons. The van der Waals surface area contributed by atoms with Crippen molar-refractivity contribution in [3.05, 3.63) is 98.9 Å². The smallest absolute Gasteiger partial charge is 0.287 e. The minimum Gasteiger partial charge on any atom is -0.508 e. The van der Waals surface area contributed by atoms with Crippen LogP contribution in [-0.4, -0.2) is 77.0 Å². The summed E-state index contributed by atoms with van der Waals surface area (Å²) < 4.78 is 5.39. The maximum absolute atomic E-state index is 12.8. The Balaban J connectivity index is 0.000000474. The lowest BCUT2D eigenvalue weighted by Crippen LogP contribution is -2.51. The third-order valence-electron chi connectivity index (χ3n) is 8.18. The van der Waals surface area contributed by atoms with Gasteiger partial charge in [-0.3, -0.25) is 19.2 Å². The van der Waals surface area contributed by atoms with E-state index in [2.05, 4.69) is 10.2 Å². The number of phenols is 2. The number of para-hydroxylation sites is 1. The fourth-order valence-electron chi connectivity index (χ4n) is 5.64. The molecule has 0 spiro atoms. The van der Waals surface area contributed by atoms with E-state index in [1.165, 1.54) is 5.56 Å². The molecule has 2 aliphatic rings. The Bertz CT molecular complexity index is 1800. The molecule has 2 aliphatic heterocycles. The van der Waals surface area contributed by atoms with Gasteiger partial charge in [-0.15, -0.1) is 0 Å². The monoisotopic (exact) mass is 660 g/mol. The number of carbonyl (C=O) groups is 3. The molecule has 0 atom stereocenters. The summed E-state index contributed by atoms with van der Waals surface area (Å²) in [5.74, 6) is -1.95. The van der Waals surface area contributed by atoms with Crippen LogP contribution in [0.5, 0.6) is 11.5 Å². The maximum Gasteiger partial charge on any atom is 0.287 e. The van der Waals surface area contributed by atoms with Crippen LogP contribution in [-0.2, 0) is 16.1 Å². The summed E-state index contributed by atoms with van der Waals surface area (Å²) in [7, 11) is 0. The summed E-state index contributed by atoms with van der Waals surface area (Å²) in [5, 5.41) is 22.7. The molecule has 6 rings (SSSR count). The van der Waals surface area contributed by atoms with Crippen LogP contribution in [0.3, 0.4) is 0 Å². The van der Waals surface area contributed by atoms with Gasteiger partial charge in [-0.05, 0) is 43.5 Å². The van der Waals surface area contributed by atoms with E-state index in [1.807, 2.05) is 60.4 Å². The van der Waals surface area contributed by atoms with Crippen molar-refractivity contribution in [1.29, 1.82) is 0 Å². The topological polar surface area (TPSA) is 144 Å². The molecule has 47 heavy (non-hydrogen) atoms. The predicted octanol–water partition coefficient (Wildman–Crippen LogP) is 4.44. The highest BCUT2D eigenvalue weighted by atomic mass is 35.5. The van der Waals surface area contributed by atoms with Gasteiger partial charge in [0.2, 0.25) is 11.8 Å². The van der Waals surface area contributed by atoms with Crippen molar-refractivity contribution in [2.45, 2.75) is 32.7 Å². The Morgan fingerprint density at radius 2 is 1.64 bits per heavy atom. The van der Waals surface area contributed by atoms with Crippen molar-refractivity contribution >= 4 is 46.0 Å². The van der Waals surface area contributed by atoms with E-state index >= 15 is 0 Å². The summed E-state index contributed by atoms with van der Waals surface area (Å²) in [6.07, 6.45) is 2.56. The van der Waals surface area contributed by atoms with Crippen molar-refractivity contribution < 1.29 is 29.0 Å². The molecule has 1 aromatic heterocycles. The number of anilines is 1. The van der Waals surface area contributed by atoms with Gasteiger partial charge in [-0.25, -0.2) is 0 Å². The third-order valence-corrected chi connectivity index (χ3v) is 8.43. The normalized spacial score (nSPS) is 14.9. The van der Waals surface area contributed by atoms with Gasteiger partial charge < -0.3 is 34.6 Å². The van der Waals surface area contributed by atoms with E-state index in [9.17, 15) is 29.4 Å². The van der Waals surface area contributed by atoms with Gasteiger partial charge in [0, 0.05) is 74.6 Å². The van der Waals surface area contributed by atoms with E-state index in [0.717, 1.165) is 53.9 Å². The lowest BCUT2D eigenvalue weighted by atomic mass is 10.1. The number of carbonyl (C=O) groups excluding carboxylic acids is 3. The number of nitrogens with one attached hydrogen (secondary N) is 1. The van der Waals surface area contributed by atoms with Gasteiger partial charge in [-0.2, -0.15) is 0 Å². The minimum atomic E-state index is -0.759. The number of hydrogen-bond acceptors (Lipinski definition) is 8. The van der Waals surface area contributed by atoms with Gasteiger partial charge in [0.15, 0.2) is 11.2 Å². The highest BCUT2D eigenvalue weighted by Gasteiger charge is 2.25. The number of aryl methyl sites for hydroxylation is 1. The van der Waals surface area contributed by atoms with Crippen LogP contribution in [0, 0.1) is 6.92 Å². The van der Waals surface area contributed by atoms with Crippen LogP contribution in [0.25, 0.3) is 11.0 Å². The van der Waals surface area contributed by atoms with Gasteiger partial charge in [0.1, 0.15) is 22.5 Å². The Labute approximate surface area is 277 Å². The Morgan fingerprint density at radius 3 is 2.34 bits per heavy atom. The molecular formula is C35H37ClN4O7. The second-order valence-corrected chi connectivity index (χ2v) is 12.0. The van der Waals surface area contributed by atoms with Gasteiger partial charge >= 0.3 is 0 Å². The highest BCUT2D eigenvalue weighted by molar-refractivity contribution is 6.30. The minimum absolute atomic E-state index is 0.141. The highest BCUT2D eigenvalue weighted by Crippen LogP contribution is 2.28. The molecule has 3 heterocycles. The molecule has 12 heteroatoms. The molecule has 246 valence electrons. The molecule has 3 aromatic carbocycles. The van der Waals surface area contributed by atoms with Crippen LogP contribution in [0.15, 0.2) is 75.9 Å².